The van der Waals surface area contributed by atoms with Gasteiger partial charge in [0.25, 0.3) is 5.91 Å². The molecule has 1 aromatic carbocycles. The standard InChI is InChI=1S/C22H23N5O4S/c1-4-31-21(30)17-11-24-22(25-19(17)23)32-12-18(28)16-10-13(2)27(14(16)3)26-20(29)15-8-6-5-7-9-15/h5-11H,4,12H2,1-3H3,(H,26,29)(H2,23,24,25). The minimum Gasteiger partial charge on any atom is -0.462 e. The molecule has 2 heterocycles. The zero-order chi connectivity index (χ0) is 23.3. The molecule has 0 fully saturated rings. The summed E-state index contributed by atoms with van der Waals surface area (Å²) in [6.45, 7) is 5.47. The molecule has 9 nitrogen and oxygen atoms in total. The van der Waals surface area contributed by atoms with Gasteiger partial charge in [-0.1, -0.05) is 30.0 Å². The highest BCUT2D eigenvalue weighted by molar-refractivity contribution is 7.99. The number of amides is 1. The molecule has 166 valence electrons. The minimum absolute atomic E-state index is 0.00444. The van der Waals surface area contributed by atoms with Crippen LogP contribution in [-0.4, -0.2) is 44.7 Å². The van der Waals surface area contributed by atoms with Gasteiger partial charge in [0.2, 0.25) is 0 Å². The Kier molecular flexibility index (Phi) is 7.26. The number of hydrogen-bond acceptors (Lipinski definition) is 8. The Hall–Kier alpha value is -3.66. The van der Waals surface area contributed by atoms with E-state index in [9.17, 15) is 14.4 Å². The van der Waals surface area contributed by atoms with Crippen LogP contribution < -0.4 is 11.2 Å². The van der Waals surface area contributed by atoms with E-state index in [1.807, 2.05) is 6.07 Å². The van der Waals surface area contributed by atoms with Gasteiger partial charge in [-0.05, 0) is 39.0 Å². The Morgan fingerprint density at radius 1 is 1.16 bits per heavy atom. The number of benzene rings is 1. The largest absolute Gasteiger partial charge is 0.462 e. The van der Waals surface area contributed by atoms with Crippen molar-refractivity contribution in [3.8, 4) is 0 Å². The summed E-state index contributed by atoms with van der Waals surface area (Å²) < 4.78 is 6.49. The third-order valence-corrected chi connectivity index (χ3v) is 5.47. The first-order valence-electron chi connectivity index (χ1n) is 9.82. The van der Waals surface area contributed by atoms with Crippen molar-refractivity contribution in [3.63, 3.8) is 0 Å². The molecule has 10 heteroatoms. The highest BCUT2D eigenvalue weighted by Gasteiger charge is 2.19. The molecule has 3 rings (SSSR count). The van der Waals surface area contributed by atoms with Crippen molar-refractivity contribution < 1.29 is 19.1 Å². The number of ether oxygens (including phenoxy) is 1. The van der Waals surface area contributed by atoms with Crippen molar-refractivity contribution in [2.24, 2.45) is 0 Å². The van der Waals surface area contributed by atoms with Crippen LogP contribution in [0.4, 0.5) is 5.82 Å². The van der Waals surface area contributed by atoms with E-state index in [2.05, 4.69) is 15.4 Å². The monoisotopic (exact) mass is 453 g/mol. The molecule has 0 aliphatic rings. The Morgan fingerprint density at radius 3 is 2.53 bits per heavy atom. The van der Waals surface area contributed by atoms with Crippen molar-refractivity contribution >= 4 is 35.2 Å². The number of Topliss-reactive ketones (excluding diaryl/α,β-unsaturated/α-hetero) is 1. The van der Waals surface area contributed by atoms with Crippen molar-refractivity contribution in [1.82, 2.24) is 14.6 Å². The molecule has 0 bridgehead atoms. The van der Waals surface area contributed by atoms with Gasteiger partial charge >= 0.3 is 5.97 Å². The second-order valence-corrected chi connectivity index (χ2v) is 7.75. The summed E-state index contributed by atoms with van der Waals surface area (Å²) in [5.74, 6) is -0.959. The molecule has 1 amide bonds. The zero-order valence-corrected chi connectivity index (χ0v) is 18.7. The molecular weight excluding hydrogens is 430 g/mol. The molecule has 0 aliphatic carbocycles. The van der Waals surface area contributed by atoms with Crippen LogP contribution >= 0.6 is 11.8 Å². The summed E-state index contributed by atoms with van der Waals surface area (Å²) in [7, 11) is 0. The summed E-state index contributed by atoms with van der Waals surface area (Å²) in [5, 5.41) is 0.273. The lowest BCUT2D eigenvalue weighted by Gasteiger charge is -2.11. The van der Waals surface area contributed by atoms with E-state index in [4.69, 9.17) is 10.5 Å². The predicted molar refractivity (Wildman–Crippen MR) is 121 cm³/mol. The third-order valence-electron chi connectivity index (χ3n) is 4.60. The fraction of sp³-hybridized carbons (Fsp3) is 0.227. The van der Waals surface area contributed by atoms with E-state index in [0.717, 1.165) is 17.5 Å². The van der Waals surface area contributed by atoms with E-state index in [1.165, 1.54) is 6.20 Å². The van der Waals surface area contributed by atoms with Gasteiger partial charge in [-0.3, -0.25) is 19.7 Å². The average Bonchev–Trinajstić information content (AvgIpc) is 3.06. The number of aryl methyl sites for hydroxylation is 1. The lowest BCUT2D eigenvalue weighted by atomic mass is 10.2. The van der Waals surface area contributed by atoms with Crippen molar-refractivity contribution in [1.29, 1.82) is 0 Å². The summed E-state index contributed by atoms with van der Waals surface area (Å²) in [6.07, 6.45) is 1.29. The molecule has 0 saturated carbocycles. The van der Waals surface area contributed by atoms with Crippen molar-refractivity contribution in [2.75, 3.05) is 23.5 Å². The normalized spacial score (nSPS) is 10.6. The molecule has 3 aromatic rings. The number of aromatic nitrogens is 3. The van der Waals surface area contributed by atoms with E-state index < -0.39 is 5.97 Å². The predicted octanol–water partition coefficient (Wildman–Crippen LogP) is 3.01. The van der Waals surface area contributed by atoms with Gasteiger partial charge in [0.1, 0.15) is 11.4 Å². The number of nitrogens with one attached hydrogen (secondary N) is 1. The van der Waals surface area contributed by atoms with E-state index >= 15 is 0 Å². The summed E-state index contributed by atoms with van der Waals surface area (Å²) in [5.41, 5.74) is 11.1. The zero-order valence-electron chi connectivity index (χ0n) is 17.9. The first-order chi connectivity index (χ1) is 15.3. The highest BCUT2D eigenvalue weighted by atomic mass is 32.2. The van der Waals surface area contributed by atoms with Crippen LogP contribution in [-0.2, 0) is 4.74 Å². The molecule has 0 atom stereocenters. The van der Waals surface area contributed by atoms with Crippen LogP contribution in [0.2, 0.25) is 0 Å². The molecule has 0 saturated heterocycles. The van der Waals surface area contributed by atoms with Crippen LogP contribution in [0, 0.1) is 13.8 Å². The minimum atomic E-state index is -0.595. The van der Waals surface area contributed by atoms with Crippen molar-refractivity contribution in [3.05, 3.63) is 70.7 Å². The fourth-order valence-electron chi connectivity index (χ4n) is 2.99. The number of carbonyl (C=O) groups excluding carboxylic acids is 3. The number of ketones is 1. The van der Waals surface area contributed by atoms with Crippen molar-refractivity contribution in [2.45, 2.75) is 25.9 Å². The van der Waals surface area contributed by atoms with Gasteiger partial charge in [0, 0.05) is 28.7 Å². The smallest absolute Gasteiger partial charge is 0.343 e. The topological polar surface area (TPSA) is 129 Å². The average molecular weight is 454 g/mol. The van der Waals surface area contributed by atoms with Crippen LogP contribution in [0.25, 0.3) is 0 Å². The third kappa shape index (κ3) is 5.14. The number of nitrogens with two attached hydrogens (primary N) is 1. The molecule has 3 N–H and O–H groups in total. The second-order valence-electron chi connectivity index (χ2n) is 6.81. The summed E-state index contributed by atoms with van der Waals surface area (Å²) in [6, 6.07) is 10.5. The number of thioether (sulfide) groups is 1. The maximum atomic E-state index is 12.8. The Morgan fingerprint density at radius 2 is 1.88 bits per heavy atom. The molecule has 0 unspecified atom stereocenters. The van der Waals surface area contributed by atoms with E-state index in [0.29, 0.717) is 16.8 Å². The van der Waals surface area contributed by atoms with Gasteiger partial charge < -0.3 is 10.5 Å². The van der Waals surface area contributed by atoms with Crippen LogP contribution in [0.3, 0.4) is 0 Å². The number of esters is 1. The van der Waals surface area contributed by atoms with Crippen LogP contribution in [0.5, 0.6) is 0 Å². The lowest BCUT2D eigenvalue weighted by molar-refractivity contribution is 0.0526. The number of nitrogen functional groups attached to an aromatic ring is 1. The van der Waals surface area contributed by atoms with E-state index in [1.54, 1.807) is 55.8 Å². The Balaban J connectivity index is 1.68. The van der Waals surface area contributed by atoms with Gasteiger partial charge in [0.05, 0.1) is 12.4 Å². The quantitative estimate of drug-likeness (QED) is 0.230. The van der Waals surface area contributed by atoms with Gasteiger partial charge in [0.15, 0.2) is 10.9 Å². The lowest BCUT2D eigenvalue weighted by Crippen LogP contribution is -2.25. The first-order valence-corrected chi connectivity index (χ1v) is 10.8. The molecule has 0 spiro atoms. The molecule has 32 heavy (non-hydrogen) atoms. The van der Waals surface area contributed by atoms with Crippen LogP contribution in [0.1, 0.15) is 49.4 Å². The molecule has 0 radical (unpaired) electrons. The van der Waals surface area contributed by atoms with E-state index in [-0.39, 0.29) is 40.6 Å². The maximum absolute atomic E-state index is 12.8. The Bertz CT molecular complexity index is 1160. The summed E-state index contributed by atoms with van der Waals surface area (Å²) >= 11 is 1.11. The van der Waals surface area contributed by atoms with Gasteiger partial charge in [-0.15, -0.1) is 0 Å². The molecule has 0 aliphatic heterocycles. The fourth-order valence-corrected chi connectivity index (χ4v) is 3.70. The summed E-state index contributed by atoms with van der Waals surface area (Å²) in [4.78, 5) is 45.2. The van der Waals surface area contributed by atoms with Gasteiger partial charge in [-0.2, -0.15) is 0 Å². The maximum Gasteiger partial charge on any atom is 0.343 e. The molecule has 2 aromatic heterocycles. The molecular formula is C22H23N5O4S. The number of nitrogens with zero attached hydrogens (tertiary/aromatic N) is 3. The Labute approximate surface area is 189 Å². The SMILES string of the molecule is CCOC(=O)c1cnc(SCC(=O)c2cc(C)n(NC(=O)c3ccccc3)c2C)nc1N. The second kappa shape index (κ2) is 10.1. The van der Waals surface area contributed by atoms with Crippen LogP contribution in [0.15, 0.2) is 47.8 Å². The highest BCUT2D eigenvalue weighted by Crippen LogP contribution is 2.21. The van der Waals surface area contributed by atoms with Gasteiger partial charge in [-0.25, -0.2) is 14.8 Å². The number of anilines is 1. The number of hydrogen-bond donors (Lipinski definition) is 2. The first kappa shape index (κ1) is 23.0. The number of rotatable bonds is 8. The number of carbonyl (C=O) groups is 3.